The number of aromatic nitrogens is 3. The molecule has 0 radical (unpaired) electrons. The molecule has 10 nitrogen and oxygen atoms in total. The number of morpholine rings is 1. The van der Waals surface area contributed by atoms with Crippen LogP contribution < -0.4 is 10.6 Å². The Morgan fingerprint density at radius 3 is 2.56 bits per heavy atom. The molecule has 1 fully saturated rings. The van der Waals surface area contributed by atoms with E-state index in [-0.39, 0.29) is 5.69 Å². The third kappa shape index (κ3) is 6.29. The van der Waals surface area contributed by atoms with Crippen LogP contribution in [-0.2, 0) is 11.3 Å². The van der Waals surface area contributed by atoms with Gasteiger partial charge in [-0.3, -0.25) is 15.0 Å². The molecule has 3 heterocycles. The molecule has 0 unspecified atom stereocenters. The van der Waals surface area contributed by atoms with Gasteiger partial charge in [-0.25, -0.2) is 15.0 Å². The molecule has 3 aromatic rings. The highest BCUT2D eigenvalue weighted by molar-refractivity contribution is 6.36. The smallest absolute Gasteiger partial charge is 0.287 e. The first kappa shape index (κ1) is 24.1. The predicted octanol–water partition coefficient (Wildman–Crippen LogP) is 4.11. The zero-order valence-corrected chi connectivity index (χ0v) is 19.7. The summed E-state index contributed by atoms with van der Waals surface area (Å²) in [7, 11) is 0. The lowest BCUT2D eigenvalue weighted by Crippen LogP contribution is -2.35. The van der Waals surface area contributed by atoms with Gasteiger partial charge in [0, 0.05) is 61.1 Å². The van der Waals surface area contributed by atoms with Crippen LogP contribution in [0.15, 0.2) is 42.7 Å². The maximum Gasteiger partial charge on any atom is 0.287 e. The zero-order valence-electron chi connectivity index (χ0n) is 18.2. The number of anilines is 2. The number of rotatable bonds is 9. The normalized spacial score (nSPS) is 14.1. The molecule has 0 aliphatic carbocycles. The maximum atomic E-state index is 10.7. The number of nitrogens with one attached hydrogen (secondary N) is 2. The summed E-state index contributed by atoms with van der Waals surface area (Å²) in [6, 6.07) is 8.32. The van der Waals surface area contributed by atoms with Crippen LogP contribution >= 0.6 is 23.2 Å². The van der Waals surface area contributed by atoms with E-state index in [2.05, 4.69) is 25.5 Å². The largest absolute Gasteiger partial charge is 0.379 e. The molecule has 0 amide bonds. The Morgan fingerprint density at radius 2 is 1.85 bits per heavy atom. The molecule has 1 aromatic carbocycles. The molecule has 12 heteroatoms. The summed E-state index contributed by atoms with van der Waals surface area (Å²) in [5, 5.41) is 18.1. The van der Waals surface area contributed by atoms with E-state index in [0.717, 1.165) is 29.9 Å². The van der Waals surface area contributed by atoms with Gasteiger partial charge in [0.2, 0.25) is 5.95 Å². The first-order chi connectivity index (χ1) is 16.5. The summed E-state index contributed by atoms with van der Waals surface area (Å²) in [5.41, 5.74) is 2.44. The van der Waals surface area contributed by atoms with Gasteiger partial charge in [0.05, 0.1) is 28.9 Å². The molecule has 1 aliphatic heterocycles. The second-order valence-electron chi connectivity index (χ2n) is 7.59. The molecule has 34 heavy (non-hydrogen) atoms. The second-order valence-corrected chi connectivity index (χ2v) is 8.44. The highest BCUT2D eigenvalue weighted by Gasteiger charge is 2.17. The van der Waals surface area contributed by atoms with Crippen LogP contribution in [0, 0.1) is 10.1 Å². The van der Waals surface area contributed by atoms with Crippen molar-refractivity contribution < 1.29 is 9.66 Å². The molecule has 2 aromatic heterocycles. The first-order valence-electron chi connectivity index (χ1n) is 10.7. The molecule has 1 aliphatic rings. The molecule has 0 atom stereocenters. The third-order valence-electron chi connectivity index (χ3n) is 5.22. The summed E-state index contributed by atoms with van der Waals surface area (Å²) >= 11 is 12.6. The third-order valence-corrected chi connectivity index (χ3v) is 5.77. The first-order valence-corrected chi connectivity index (χ1v) is 11.4. The minimum atomic E-state index is -0.483. The minimum absolute atomic E-state index is 0.0531. The average molecular weight is 504 g/mol. The van der Waals surface area contributed by atoms with Crippen molar-refractivity contribution in [2.45, 2.75) is 6.54 Å². The summed E-state index contributed by atoms with van der Waals surface area (Å²) in [5.74, 6) is 1.01. The maximum absolute atomic E-state index is 10.7. The van der Waals surface area contributed by atoms with Crippen LogP contribution in [-0.4, -0.2) is 64.2 Å². The fraction of sp³-hybridized carbons (Fsp3) is 0.318. The van der Waals surface area contributed by atoms with Crippen molar-refractivity contribution in [1.82, 2.24) is 19.9 Å². The molecular weight excluding hydrogens is 481 g/mol. The monoisotopic (exact) mass is 503 g/mol. The van der Waals surface area contributed by atoms with Crippen molar-refractivity contribution >= 4 is 40.7 Å². The summed E-state index contributed by atoms with van der Waals surface area (Å²) in [4.78, 5) is 25.8. The van der Waals surface area contributed by atoms with Gasteiger partial charge in [-0.05, 0) is 24.3 Å². The van der Waals surface area contributed by atoms with Crippen molar-refractivity contribution in [2.24, 2.45) is 0 Å². The van der Waals surface area contributed by atoms with Crippen molar-refractivity contribution in [1.29, 1.82) is 0 Å². The van der Waals surface area contributed by atoms with Gasteiger partial charge in [-0.1, -0.05) is 23.2 Å². The highest BCUT2D eigenvalue weighted by atomic mass is 35.5. The summed E-state index contributed by atoms with van der Waals surface area (Å²) in [6.07, 6.45) is 3.03. The van der Waals surface area contributed by atoms with E-state index in [9.17, 15) is 10.1 Å². The van der Waals surface area contributed by atoms with E-state index in [1.54, 1.807) is 18.2 Å². The number of ether oxygens (including phenoxy) is 1. The van der Waals surface area contributed by atoms with Crippen LogP contribution in [0.5, 0.6) is 0 Å². The summed E-state index contributed by atoms with van der Waals surface area (Å²) in [6.45, 7) is 4.80. The molecular formula is C22H23Cl2N7O3. The molecule has 0 bridgehead atoms. The number of pyridine rings is 1. The lowest BCUT2D eigenvalue weighted by molar-refractivity contribution is -0.385. The van der Waals surface area contributed by atoms with E-state index in [4.69, 9.17) is 32.9 Å². The Hall–Kier alpha value is -3.05. The SMILES string of the molecule is O=[N+]([O-])c1ccc(NCCNc2ncc(CN3CCOCC3)c(-c3ccc(Cl)cc3Cl)n2)nc1. The average Bonchev–Trinajstić information content (AvgIpc) is 2.84. The lowest BCUT2D eigenvalue weighted by Gasteiger charge is -2.27. The molecule has 2 N–H and O–H groups in total. The van der Waals surface area contributed by atoms with Gasteiger partial charge in [0.1, 0.15) is 12.0 Å². The number of hydrogen-bond acceptors (Lipinski definition) is 9. The Balaban J connectivity index is 1.45. The van der Waals surface area contributed by atoms with Gasteiger partial charge in [-0.15, -0.1) is 0 Å². The Labute approximate surface area is 206 Å². The highest BCUT2D eigenvalue weighted by Crippen LogP contribution is 2.32. The lowest BCUT2D eigenvalue weighted by atomic mass is 10.1. The quantitative estimate of drug-likeness (QED) is 0.252. The zero-order chi connectivity index (χ0) is 23.9. The number of benzene rings is 1. The molecule has 0 saturated carbocycles. The standard InChI is InChI=1S/C22H23Cl2N7O3/c23-16-1-3-18(19(24)11-16)21-15(14-30-7-9-34-10-8-30)12-28-22(29-21)26-6-5-25-20-4-2-17(13-27-20)31(32)33/h1-4,11-13H,5-10,14H2,(H,25,27)(H,26,28,29). The predicted molar refractivity (Wildman–Crippen MR) is 131 cm³/mol. The Morgan fingerprint density at radius 1 is 1.06 bits per heavy atom. The van der Waals surface area contributed by atoms with Gasteiger partial charge in [0.15, 0.2) is 0 Å². The van der Waals surface area contributed by atoms with Crippen LogP contribution in [0.3, 0.4) is 0 Å². The van der Waals surface area contributed by atoms with E-state index in [1.807, 2.05) is 12.3 Å². The van der Waals surface area contributed by atoms with Crippen molar-refractivity contribution in [3.63, 3.8) is 0 Å². The van der Waals surface area contributed by atoms with Gasteiger partial charge in [-0.2, -0.15) is 0 Å². The van der Waals surface area contributed by atoms with E-state index < -0.39 is 4.92 Å². The number of halogens is 2. The topological polar surface area (TPSA) is 118 Å². The number of nitro groups is 1. The van der Waals surface area contributed by atoms with E-state index in [1.165, 1.54) is 12.3 Å². The minimum Gasteiger partial charge on any atom is -0.379 e. The molecule has 4 rings (SSSR count). The fourth-order valence-electron chi connectivity index (χ4n) is 3.49. The van der Waals surface area contributed by atoms with Gasteiger partial charge < -0.3 is 15.4 Å². The van der Waals surface area contributed by atoms with Crippen LogP contribution in [0.1, 0.15) is 5.56 Å². The van der Waals surface area contributed by atoms with Gasteiger partial charge >= 0.3 is 0 Å². The van der Waals surface area contributed by atoms with Crippen LogP contribution in [0.2, 0.25) is 10.0 Å². The van der Waals surface area contributed by atoms with Crippen LogP contribution in [0.25, 0.3) is 11.3 Å². The van der Waals surface area contributed by atoms with E-state index in [0.29, 0.717) is 54.7 Å². The number of nitrogens with zero attached hydrogens (tertiary/aromatic N) is 5. The molecule has 1 saturated heterocycles. The van der Waals surface area contributed by atoms with Crippen molar-refractivity contribution in [2.75, 3.05) is 50.0 Å². The van der Waals surface area contributed by atoms with E-state index >= 15 is 0 Å². The Bertz CT molecular complexity index is 1140. The van der Waals surface area contributed by atoms with Gasteiger partial charge in [0.25, 0.3) is 5.69 Å². The molecule has 178 valence electrons. The Kier molecular flexibility index (Phi) is 8.07. The number of hydrogen-bond donors (Lipinski definition) is 2. The van der Waals surface area contributed by atoms with Crippen molar-refractivity contribution in [3.8, 4) is 11.3 Å². The van der Waals surface area contributed by atoms with Crippen molar-refractivity contribution in [3.05, 3.63) is 68.4 Å². The van der Waals surface area contributed by atoms with Crippen LogP contribution in [0.4, 0.5) is 17.5 Å². The second kappa shape index (κ2) is 11.4. The fourth-order valence-corrected chi connectivity index (χ4v) is 3.98. The summed E-state index contributed by atoms with van der Waals surface area (Å²) < 4.78 is 5.45. The molecule has 0 spiro atoms.